The highest BCUT2D eigenvalue weighted by Gasteiger charge is 2.34. The summed E-state index contributed by atoms with van der Waals surface area (Å²) in [5, 5.41) is 3.79. The second-order valence-electron chi connectivity index (χ2n) is 5.54. The Morgan fingerprint density at radius 2 is 1.86 bits per heavy atom. The molecule has 2 nitrogen and oxygen atoms in total. The third kappa shape index (κ3) is 2.71. The Labute approximate surface area is 87.6 Å². The van der Waals surface area contributed by atoms with Crippen LogP contribution in [-0.4, -0.2) is 18.1 Å². The molecule has 0 radical (unpaired) electrons. The van der Waals surface area contributed by atoms with Crippen molar-refractivity contribution >= 4 is 0 Å². The van der Waals surface area contributed by atoms with Crippen molar-refractivity contribution in [3.05, 3.63) is 0 Å². The molecule has 1 unspecified atom stereocenters. The molecule has 3 N–H and O–H groups in total. The molecule has 14 heavy (non-hydrogen) atoms. The molecule has 2 fully saturated rings. The summed E-state index contributed by atoms with van der Waals surface area (Å²) in [6.07, 6.45) is 9.69. The van der Waals surface area contributed by atoms with Crippen LogP contribution in [0.15, 0.2) is 0 Å². The van der Waals surface area contributed by atoms with Gasteiger partial charge in [0.15, 0.2) is 0 Å². The van der Waals surface area contributed by atoms with E-state index in [9.17, 15) is 0 Å². The van der Waals surface area contributed by atoms with Gasteiger partial charge in [0.05, 0.1) is 0 Å². The second-order valence-corrected chi connectivity index (χ2v) is 5.54. The lowest BCUT2D eigenvalue weighted by atomic mass is 9.93. The smallest absolute Gasteiger partial charge is 0.0280 e. The van der Waals surface area contributed by atoms with E-state index in [0.717, 1.165) is 18.5 Å². The highest BCUT2D eigenvalue weighted by Crippen LogP contribution is 2.37. The maximum absolute atomic E-state index is 5.90. The summed E-state index contributed by atoms with van der Waals surface area (Å²) in [7, 11) is 0. The third-order valence-corrected chi connectivity index (χ3v) is 3.79. The highest BCUT2D eigenvalue weighted by atomic mass is 15.0. The van der Waals surface area contributed by atoms with Gasteiger partial charge in [-0.1, -0.05) is 25.7 Å². The maximum Gasteiger partial charge on any atom is 0.0280 e. The summed E-state index contributed by atoms with van der Waals surface area (Å²) in [5.74, 6) is 0.970. The molecule has 2 aliphatic carbocycles. The van der Waals surface area contributed by atoms with Crippen LogP contribution in [0.5, 0.6) is 0 Å². The lowest BCUT2D eigenvalue weighted by molar-refractivity contribution is 0.284. The molecule has 0 bridgehead atoms. The van der Waals surface area contributed by atoms with Crippen molar-refractivity contribution in [3.63, 3.8) is 0 Å². The van der Waals surface area contributed by atoms with Gasteiger partial charge >= 0.3 is 0 Å². The SMILES string of the molecule is CC(CN)(CC1CC1)NC1CCCC1. The third-order valence-electron chi connectivity index (χ3n) is 3.79. The van der Waals surface area contributed by atoms with Gasteiger partial charge < -0.3 is 11.1 Å². The average Bonchev–Trinajstić information content (AvgIpc) is 2.81. The second kappa shape index (κ2) is 4.19. The molecule has 82 valence electrons. The van der Waals surface area contributed by atoms with Gasteiger partial charge in [-0.05, 0) is 32.1 Å². The molecule has 0 amide bonds. The van der Waals surface area contributed by atoms with Gasteiger partial charge in [-0.3, -0.25) is 0 Å². The Bertz CT molecular complexity index is 183. The van der Waals surface area contributed by atoms with Crippen molar-refractivity contribution in [2.24, 2.45) is 11.7 Å². The van der Waals surface area contributed by atoms with Gasteiger partial charge in [-0.25, -0.2) is 0 Å². The predicted molar refractivity (Wildman–Crippen MR) is 60.2 cm³/mol. The fraction of sp³-hybridized carbons (Fsp3) is 1.00. The number of nitrogens with two attached hydrogens (primary N) is 1. The number of rotatable bonds is 5. The number of nitrogens with one attached hydrogen (secondary N) is 1. The fourth-order valence-corrected chi connectivity index (χ4v) is 2.72. The van der Waals surface area contributed by atoms with Crippen molar-refractivity contribution in [1.29, 1.82) is 0 Å². The van der Waals surface area contributed by atoms with Crippen molar-refractivity contribution < 1.29 is 0 Å². The average molecular weight is 196 g/mol. The number of hydrogen-bond acceptors (Lipinski definition) is 2. The summed E-state index contributed by atoms with van der Waals surface area (Å²) in [4.78, 5) is 0. The Kier molecular flexibility index (Phi) is 3.13. The molecule has 0 aliphatic heterocycles. The summed E-state index contributed by atoms with van der Waals surface area (Å²) in [6, 6.07) is 0.752. The van der Waals surface area contributed by atoms with Crippen LogP contribution in [0, 0.1) is 5.92 Å². The quantitative estimate of drug-likeness (QED) is 0.706. The molecule has 0 aromatic heterocycles. The topological polar surface area (TPSA) is 38.0 Å². The summed E-state index contributed by atoms with van der Waals surface area (Å²) >= 11 is 0. The van der Waals surface area contributed by atoms with Crippen LogP contribution in [-0.2, 0) is 0 Å². The van der Waals surface area contributed by atoms with E-state index in [2.05, 4.69) is 12.2 Å². The van der Waals surface area contributed by atoms with Crippen LogP contribution in [0.3, 0.4) is 0 Å². The van der Waals surface area contributed by atoms with Crippen molar-refractivity contribution in [3.8, 4) is 0 Å². The van der Waals surface area contributed by atoms with Crippen molar-refractivity contribution in [2.75, 3.05) is 6.54 Å². The minimum Gasteiger partial charge on any atom is -0.329 e. The minimum atomic E-state index is 0.218. The zero-order chi connectivity index (χ0) is 10.0. The van der Waals surface area contributed by atoms with E-state index in [4.69, 9.17) is 5.73 Å². The van der Waals surface area contributed by atoms with E-state index in [-0.39, 0.29) is 5.54 Å². The van der Waals surface area contributed by atoms with Gasteiger partial charge in [-0.15, -0.1) is 0 Å². The molecule has 0 saturated heterocycles. The minimum absolute atomic E-state index is 0.218. The Hall–Kier alpha value is -0.0800. The maximum atomic E-state index is 5.90. The Balaban J connectivity index is 1.82. The molecule has 1 atom stereocenters. The molecular formula is C12H24N2. The van der Waals surface area contributed by atoms with Crippen molar-refractivity contribution in [2.45, 2.75) is 63.5 Å². The first kappa shape index (κ1) is 10.4. The Morgan fingerprint density at radius 1 is 1.21 bits per heavy atom. The van der Waals surface area contributed by atoms with Gasteiger partial charge in [0.25, 0.3) is 0 Å². The van der Waals surface area contributed by atoms with E-state index >= 15 is 0 Å². The molecular weight excluding hydrogens is 172 g/mol. The molecule has 2 heteroatoms. The molecule has 0 aromatic rings. The first-order valence-corrected chi connectivity index (χ1v) is 6.20. The lowest BCUT2D eigenvalue weighted by Gasteiger charge is -2.33. The largest absolute Gasteiger partial charge is 0.329 e. The van der Waals surface area contributed by atoms with Gasteiger partial charge in [-0.2, -0.15) is 0 Å². The monoisotopic (exact) mass is 196 g/mol. The molecule has 2 aliphatic rings. The zero-order valence-corrected chi connectivity index (χ0v) is 9.39. The van der Waals surface area contributed by atoms with Crippen LogP contribution < -0.4 is 11.1 Å². The summed E-state index contributed by atoms with van der Waals surface area (Å²) in [5.41, 5.74) is 6.12. The molecule has 0 spiro atoms. The first-order valence-electron chi connectivity index (χ1n) is 6.20. The summed E-state index contributed by atoms with van der Waals surface area (Å²) < 4.78 is 0. The molecule has 2 saturated carbocycles. The van der Waals surface area contributed by atoms with E-state index in [1.165, 1.54) is 44.9 Å². The number of hydrogen-bond donors (Lipinski definition) is 2. The highest BCUT2D eigenvalue weighted by molar-refractivity contribution is 4.93. The van der Waals surface area contributed by atoms with Gasteiger partial charge in [0.1, 0.15) is 0 Å². The summed E-state index contributed by atoms with van der Waals surface area (Å²) in [6.45, 7) is 3.10. The van der Waals surface area contributed by atoms with Crippen molar-refractivity contribution in [1.82, 2.24) is 5.32 Å². The normalized spacial score (nSPS) is 27.9. The molecule has 0 heterocycles. The van der Waals surface area contributed by atoms with Crippen LogP contribution >= 0.6 is 0 Å². The standard InChI is InChI=1S/C12H24N2/c1-12(9-13,8-10-6-7-10)14-11-4-2-3-5-11/h10-11,14H,2-9,13H2,1H3. The molecule has 0 aromatic carbocycles. The Morgan fingerprint density at radius 3 is 2.36 bits per heavy atom. The lowest BCUT2D eigenvalue weighted by Crippen LogP contribution is -2.52. The van der Waals surface area contributed by atoms with Crippen LogP contribution in [0.25, 0.3) is 0 Å². The van der Waals surface area contributed by atoms with E-state index in [1.54, 1.807) is 0 Å². The van der Waals surface area contributed by atoms with Gasteiger partial charge in [0, 0.05) is 18.1 Å². The van der Waals surface area contributed by atoms with Crippen LogP contribution in [0.4, 0.5) is 0 Å². The predicted octanol–water partition coefficient (Wildman–Crippen LogP) is 2.04. The fourth-order valence-electron chi connectivity index (χ4n) is 2.72. The van der Waals surface area contributed by atoms with Crippen LogP contribution in [0.2, 0.25) is 0 Å². The van der Waals surface area contributed by atoms with E-state index < -0.39 is 0 Å². The van der Waals surface area contributed by atoms with Gasteiger partial charge in [0.2, 0.25) is 0 Å². The first-order chi connectivity index (χ1) is 6.72. The molecule has 2 rings (SSSR count). The van der Waals surface area contributed by atoms with E-state index in [1.807, 2.05) is 0 Å². The van der Waals surface area contributed by atoms with Crippen LogP contribution in [0.1, 0.15) is 51.9 Å². The van der Waals surface area contributed by atoms with E-state index in [0.29, 0.717) is 0 Å². The zero-order valence-electron chi connectivity index (χ0n) is 9.39.